The Morgan fingerprint density at radius 2 is 1.60 bits per heavy atom. The second kappa shape index (κ2) is 6.56. The van der Waals surface area contributed by atoms with Crippen LogP contribution in [-0.2, 0) is 9.53 Å². The highest BCUT2D eigenvalue weighted by Gasteiger charge is 2.36. The molecule has 7 nitrogen and oxygen atoms in total. The molecule has 0 unspecified atom stereocenters. The standard InChI is InChI=1S/C18H13NO6/c1-24-18(23)11-5-4-6-12(9-11)25-15(20)10-19-16(21)13-7-2-3-8-14(13)17(19)22/h2-9H,10H2,1H3. The van der Waals surface area contributed by atoms with Gasteiger partial charge in [0.15, 0.2) is 0 Å². The van der Waals surface area contributed by atoms with Crippen LogP contribution in [0.15, 0.2) is 48.5 Å². The summed E-state index contributed by atoms with van der Waals surface area (Å²) >= 11 is 0. The Morgan fingerprint density at radius 3 is 2.20 bits per heavy atom. The van der Waals surface area contributed by atoms with Gasteiger partial charge in [-0.2, -0.15) is 0 Å². The van der Waals surface area contributed by atoms with Gasteiger partial charge in [0.2, 0.25) is 0 Å². The number of carbonyl (C=O) groups is 4. The number of amides is 2. The maximum absolute atomic E-state index is 12.2. The summed E-state index contributed by atoms with van der Waals surface area (Å²) in [6, 6.07) is 12.2. The van der Waals surface area contributed by atoms with Crippen LogP contribution in [0.5, 0.6) is 5.75 Å². The van der Waals surface area contributed by atoms with Crippen molar-refractivity contribution >= 4 is 23.8 Å². The second-order valence-corrected chi connectivity index (χ2v) is 5.24. The lowest BCUT2D eigenvalue weighted by molar-refractivity contribution is -0.134. The molecule has 1 heterocycles. The number of fused-ring (bicyclic) bond motifs is 1. The number of hydrogen-bond donors (Lipinski definition) is 0. The number of methoxy groups -OCH3 is 1. The number of carbonyl (C=O) groups excluding carboxylic acids is 4. The Bertz CT molecular complexity index is 854. The van der Waals surface area contributed by atoms with Crippen LogP contribution in [-0.4, -0.2) is 42.3 Å². The van der Waals surface area contributed by atoms with Crippen LogP contribution in [0.25, 0.3) is 0 Å². The number of ether oxygens (including phenoxy) is 2. The first-order valence-corrected chi connectivity index (χ1v) is 7.35. The van der Waals surface area contributed by atoms with Crippen LogP contribution in [0.3, 0.4) is 0 Å². The van der Waals surface area contributed by atoms with E-state index in [1.54, 1.807) is 12.1 Å². The summed E-state index contributed by atoms with van der Waals surface area (Å²) in [5.41, 5.74) is 0.731. The molecule has 0 atom stereocenters. The third-order valence-corrected chi connectivity index (χ3v) is 3.65. The first-order chi connectivity index (χ1) is 12.0. The monoisotopic (exact) mass is 339 g/mol. The van der Waals surface area contributed by atoms with Crippen molar-refractivity contribution in [2.75, 3.05) is 13.7 Å². The fourth-order valence-electron chi connectivity index (χ4n) is 2.48. The van der Waals surface area contributed by atoms with Gasteiger partial charge >= 0.3 is 11.9 Å². The number of rotatable bonds is 4. The zero-order valence-electron chi connectivity index (χ0n) is 13.2. The highest BCUT2D eigenvalue weighted by Crippen LogP contribution is 2.22. The smallest absolute Gasteiger partial charge is 0.337 e. The van der Waals surface area contributed by atoms with Gasteiger partial charge in [-0.25, -0.2) is 9.59 Å². The van der Waals surface area contributed by atoms with Crippen molar-refractivity contribution in [2.45, 2.75) is 0 Å². The van der Waals surface area contributed by atoms with Gasteiger partial charge in [-0.15, -0.1) is 0 Å². The maximum atomic E-state index is 12.2. The number of esters is 2. The lowest BCUT2D eigenvalue weighted by atomic mass is 10.1. The van der Waals surface area contributed by atoms with Gasteiger partial charge in [-0.3, -0.25) is 14.5 Å². The van der Waals surface area contributed by atoms with E-state index in [-0.39, 0.29) is 22.4 Å². The van der Waals surface area contributed by atoms with E-state index < -0.39 is 30.3 Å². The average Bonchev–Trinajstić information content (AvgIpc) is 2.86. The molecular formula is C18H13NO6. The number of hydrogen-bond acceptors (Lipinski definition) is 6. The van der Waals surface area contributed by atoms with Crippen LogP contribution in [0, 0.1) is 0 Å². The zero-order valence-corrected chi connectivity index (χ0v) is 13.2. The Kier molecular flexibility index (Phi) is 4.30. The quantitative estimate of drug-likeness (QED) is 0.478. The van der Waals surface area contributed by atoms with Gasteiger partial charge in [0, 0.05) is 0 Å². The van der Waals surface area contributed by atoms with Gasteiger partial charge in [-0.05, 0) is 30.3 Å². The molecule has 0 radical (unpaired) electrons. The lowest BCUT2D eigenvalue weighted by Crippen LogP contribution is -2.36. The molecule has 2 amide bonds. The van der Waals surface area contributed by atoms with Crippen molar-refractivity contribution in [3.63, 3.8) is 0 Å². The van der Waals surface area contributed by atoms with Crippen molar-refractivity contribution in [3.8, 4) is 5.75 Å². The van der Waals surface area contributed by atoms with Gasteiger partial charge < -0.3 is 9.47 Å². The summed E-state index contributed by atoms with van der Waals surface area (Å²) in [5.74, 6) is -2.33. The maximum Gasteiger partial charge on any atom is 0.337 e. The molecule has 0 spiro atoms. The summed E-state index contributed by atoms with van der Waals surface area (Å²) in [6.45, 7) is -0.519. The Labute approximate surface area is 142 Å². The average molecular weight is 339 g/mol. The third kappa shape index (κ3) is 3.12. The van der Waals surface area contributed by atoms with E-state index in [9.17, 15) is 19.2 Å². The van der Waals surface area contributed by atoms with E-state index in [2.05, 4.69) is 4.74 Å². The highest BCUT2D eigenvalue weighted by atomic mass is 16.5. The van der Waals surface area contributed by atoms with E-state index in [0.717, 1.165) is 4.90 Å². The predicted molar refractivity (Wildman–Crippen MR) is 85.2 cm³/mol. The first kappa shape index (κ1) is 16.4. The molecule has 7 heteroatoms. The minimum absolute atomic E-state index is 0.115. The molecule has 25 heavy (non-hydrogen) atoms. The van der Waals surface area contributed by atoms with Crippen molar-refractivity contribution in [3.05, 3.63) is 65.2 Å². The summed E-state index contributed by atoms with van der Waals surface area (Å²) in [4.78, 5) is 48.8. The van der Waals surface area contributed by atoms with Crippen molar-refractivity contribution in [1.29, 1.82) is 0 Å². The van der Waals surface area contributed by atoms with E-state index >= 15 is 0 Å². The molecule has 0 aliphatic carbocycles. The van der Waals surface area contributed by atoms with E-state index in [0.29, 0.717) is 0 Å². The Morgan fingerprint density at radius 1 is 0.960 bits per heavy atom. The summed E-state index contributed by atoms with van der Waals surface area (Å²) in [7, 11) is 1.24. The summed E-state index contributed by atoms with van der Waals surface area (Å²) in [5, 5.41) is 0. The molecule has 2 aromatic carbocycles. The van der Waals surface area contributed by atoms with Gasteiger partial charge in [0.1, 0.15) is 12.3 Å². The van der Waals surface area contributed by atoms with Crippen molar-refractivity contribution in [2.24, 2.45) is 0 Å². The second-order valence-electron chi connectivity index (χ2n) is 5.24. The first-order valence-electron chi connectivity index (χ1n) is 7.35. The molecule has 0 N–H and O–H groups in total. The predicted octanol–water partition coefficient (Wildman–Crippen LogP) is 1.67. The van der Waals surface area contributed by atoms with Gasteiger partial charge in [-0.1, -0.05) is 18.2 Å². The minimum atomic E-state index is -0.795. The number of benzene rings is 2. The molecule has 2 aromatic rings. The molecule has 3 rings (SSSR count). The minimum Gasteiger partial charge on any atom is -0.465 e. The van der Waals surface area contributed by atoms with Crippen LogP contribution in [0.4, 0.5) is 0 Å². The normalized spacial score (nSPS) is 12.8. The molecule has 0 saturated carbocycles. The van der Waals surface area contributed by atoms with Crippen molar-refractivity contribution < 1.29 is 28.7 Å². The molecule has 0 fully saturated rings. The van der Waals surface area contributed by atoms with Crippen LogP contribution in [0.2, 0.25) is 0 Å². The van der Waals surface area contributed by atoms with Crippen LogP contribution >= 0.6 is 0 Å². The van der Waals surface area contributed by atoms with Gasteiger partial charge in [0.05, 0.1) is 23.8 Å². The summed E-state index contributed by atoms with van der Waals surface area (Å²) < 4.78 is 9.71. The molecule has 0 bridgehead atoms. The lowest BCUT2D eigenvalue weighted by Gasteiger charge is -2.13. The zero-order chi connectivity index (χ0) is 18.0. The molecule has 1 aliphatic heterocycles. The van der Waals surface area contributed by atoms with E-state index in [4.69, 9.17) is 4.74 Å². The SMILES string of the molecule is COC(=O)c1cccc(OC(=O)CN2C(=O)c3ccccc3C2=O)c1. The van der Waals surface area contributed by atoms with Crippen LogP contribution < -0.4 is 4.74 Å². The Hall–Kier alpha value is -3.48. The molecule has 126 valence electrons. The third-order valence-electron chi connectivity index (χ3n) is 3.65. The van der Waals surface area contributed by atoms with Crippen molar-refractivity contribution in [1.82, 2.24) is 4.90 Å². The fraction of sp³-hybridized carbons (Fsp3) is 0.111. The largest absolute Gasteiger partial charge is 0.465 e. The van der Waals surface area contributed by atoms with E-state index in [1.807, 2.05) is 0 Å². The molecule has 0 saturated heterocycles. The Balaban J connectivity index is 1.71. The van der Waals surface area contributed by atoms with Crippen LogP contribution in [0.1, 0.15) is 31.1 Å². The molecule has 0 aromatic heterocycles. The van der Waals surface area contributed by atoms with E-state index in [1.165, 1.54) is 43.5 Å². The summed E-state index contributed by atoms with van der Waals surface area (Å²) in [6.07, 6.45) is 0. The van der Waals surface area contributed by atoms with Gasteiger partial charge in [0.25, 0.3) is 11.8 Å². The number of imide groups is 1. The highest BCUT2D eigenvalue weighted by molar-refractivity contribution is 6.22. The molecular weight excluding hydrogens is 326 g/mol. The fourth-order valence-corrected chi connectivity index (χ4v) is 2.48. The number of nitrogens with zero attached hydrogens (tertiary/aromatic N) is 1. The topological polar surface area (TPSA) is 90.0 Å². The molecule has 1 aliphatic rings.